The molecule has 0 unspecified atom stereocenters. The summed E-state index contributed by atoms with van der Waals surface area (Å²) in [6, 6.07) is 7.46. The highest BCUT2D eigenvalue weighted by Crippen LogP contribution is 2.29. The lowest BCUT2D eigenvalue weighted by Crippen LogP contribution is -2.23. The first-order valence-corrected chi connectivity index (χ1v) is 8.04. The van der Waals surface area contributed by atoms with Gasteiger partial charge in [-0.3, -0.25) is 9.59 Å². The summed E-state index contributed by atoms with van der Waals surface area (Å²) in [5.41, 5.74) is 0. The lowest BCUT2D eigenvalue weighted by Gasteiger charge is -2.02. The summed E-state index contributed by atoms with van der Waals surface area (Å²) in [5, 5.41) is 11.4. The molecule has 1 amide bonds. The Balaban J connectivity index is 1.76. The van der Waals surface area contributed by atoms with E-state index >= 15 is 0 Å². The number of carbonyl (C=O) groups is 2. The zero-order chi connectivity index (χ0) is 15.9. The average molecular weight is 321 g/mol. The van der Waals surface area contributed by atoms with Crippen molar-refractivity contribution in [2.75, 3.05) is 6.54 Å². The van der Waals surface area contributed by atoms with Crippen LogP contribution in [0.2, 0.25) is 0 Å². The number of carboxylic acids is 1. The monoisotopic (exact) mass is 321 g/mol. The second-order valence-electron chi connectivity index (χ2n) is 5.03. The Bertz CT molecular complexity index is 644. The summed E-state index contributed by atoms with van der Waals surface area (Å²) in [7, 11) is 0. The number of carbonyl (C=O) groups excluding carboxylic acids is 1. The van der Waals surface area contributed by atoms with Crippen LogP contribution >= 0.6 is 11.3 Å². The Morgan fingerprint density at radius 2 is 2.00 bits per heavy atom. The number of nitrogens with one attached hydrogen (secondary N) is 1. The summed E-state index contributed by atoms with van der Waals surface area (Å²) in [6.07, 6.45) is 2.42. The molecule has 0 aliphatic heterocycles. The molecule has 0 fully saturated rings. The Morgan fingerprint density at radius 1 is 1.18 bits per heavy atom. The summed E-state index contributed by atoms with van der Waals surface area (Å²) in [4.78, 5) is 24.0. The number of thiophene rings is 1. The predicted molar refractivity (Wildman–Crippen MR) is 85.2 cm³/mol. The van der Waals surface area contributed by atoms with Gasteiger partial charge < -0.3 is 14.8 Å². The van der Waals surface area contributed by atoms with Crippen LogP contribution in [0.4, 0.5) is 0 Å². The van der Waals surface area contributed by atoms with Crippen LogP contribution in [0.3, 0.4) is 0 Å². The molecule has 2 rings (SSSR count). The molecule has 0 aliphatic carbocycles. The van der Waals surface area contributed by atoms with E-state index in [1.54, 1.807) is 6.07 Å². The van der Waals surface area contributed by atoms with Gasteiger partial charge in [-0.1, -0.05) is 6.42 Å². The number of hydrogen-bond donors (Lipinski definition) is 2. The maximum Gasteiger partial charge on any atom is 0.303 e. The van der Waals surface area contributed by atoms with Crippen molar-refractivity contribution in [2.45, 2.75) is 32.6 Å². The molecule has 0 aromatic carbocycles. The maximum absolute atomic E-state index is 12.0. The first-order valence-electron chi connectivity index (χ1n) is 7.23. The summed E-state index contributed by atoms with van der Waals surface area (Å²) < 4.78 is 5.54. The molecule has 0 saturated heterocycles. The number of unbranched alkanes of at least 4 members (excludes halogenated alkanes) is 2. The van der Waals surface area contributed by atoms with Gasteiger partial charge in [0.1, 0.15) is 11.5 Å². The average Bonchev–Trinajstić information content (AvgIpc) is 3.10. The van der Waals surface area contributed by atoms with Crippen molar-refractivity contribution in [3.05, 3.63) is 34.9 Å². The molecular weight excluding hydrogens is 302 g/mol. The quantitative estimate of drug-likeness (QED) is 0.727. The Hall–Kier alpha value is -2.08. The maximum atomic E-state index is 12.0. The Morgan fingerprint density at radius 3 is 2.68 bits per heavy atom. The standard InChI is InChI=1S/C16H19NO4S/c1-11-6-7-12(21-11)13-8-9-14(22-13)16(20)17-10-4-2-3-5-15(18)19/h6-9H,2-5,10H2,1H3,(H,17,20)(H,18,19). The van der Waals surface area contributed by atoms with Gasteiger partial charge in [0.05, 0.1) is 9.75 Å². The van der Waals surface area contributed by atoms with Gasteiger partial charge in [-0.05, 0) is 44.0 Å². The molecule has 0 aliphatic rings. The number of furan rings is 1. The van der Waals surface area contributed by atoms with Crippen molar-refractivity contribution in [2.24, 2.45) is 0 Å². The van der Waals surface area contributed by atoms with Gasteiger partial charge in [0.2, 0.25) is 0 Å². The highest BCUT2D eigenvalue weighted by Gasteiger charge is 2.11. The lowest BCUT2D eigenvalue weighted by molar-refractivity contribution is -0.137. The number of rotatable bonds is 8. The molecule has 118 valence electrons. The summed E-state index contributed by atoms with van der Waals surface area (Å²) in [6.45, 7) is 2.45. The largest absolute Gasteiger partial charge is 0.481 e. The van der Waals surface area contributed by atoms with Crippen LogP contribution in [0.15, 0.2) is 28.7 Å². The van der Waals surface area contributed by atoms with Gasteiger partial charge in [0, 0.05) is 13.0 Å². The van der Waals surface area contributed by atoms with E-state index in [0.29, 0.717) is 17.8 Å². The molecule has 2 heterocycles. The fraction of sp³-hybridized carbons (Fsp3) is 0.375. The molecule has 0 spiro atoms. The molecule has 0 radical (unpaired) electrons. The van der Waals surface area contributed by atoms with Gasteiger partial charge in [-0.2, -0.15) is 0 Å². The minimum absolute atomic E-state index is 0.0993. The van der Waals surface area contributed by atoms with E-state index in [9.17, 15) is 9.59 Å². The summed E-state index contributed by atoms with van der Waals surface area (Å²) in [5.74, 6) is 0.743. The lowest BCUT2D eigenvalue weighted by atomic mass is 10.2. The van der Waals surface area contributed by atoms with Gasteiger partial charge >= 0.3 is 5.97 Å². The fourth-order valence-corrected chi connectivity index (χ4v) is 2.91. The molecule has 2 N–H and O–H groups in total. The van der Waals surface area contributed by atoms with Crippen LogP contribution in [0.1, 0.15) is 41.1 Å². The van der Waals surface area contributed by atoms with E-state index in [1.807, 2.05) is 25.1 Å². The van der Waals surface area contributed by atoms with Crippen LogP contribution in [0.25, 0.3) is 10.6 Å². The number of amides is 1. The fourth-order valence-electron chi connectivity index (χ4n) is 2.03. The van der Waals surface area contributed by atoms with Crippen molar-refractivity contribution in [1.29, 1.82) is 0 Å². The van der Waals surface area contributed by atoms with E-state index in [-0.39, 0.29) is 12.3 Å². The molecule has 2 aromatic rings. The zero-order valence-corrected chi connectivity index (χ0v) is 13.2. The molecular formula is C16H19NO4S. The molecule has 5 nitrogen and oxygen atoms in total. The normalized spacial score (nSPS) is 10.6. The van der Waals surface area contributed by atoms with E-state index in [2.05, 4.69) is 5.32 Å². The predicted octanol–water partition coefficient (Wildman–Crippen LogP) is 3.69. The van der Waals surface area contributed by atoms with E-state index < -0.39 is 5.97 Å². The highest BCUT2D eigenvalue weighted by molar-refractivity contribution is 7.17. The topological polar surface area (TPSA) is 79.5 Å². The second kappa shape index (κ2) is 7.79. The number of hydrogen-bond acceptors (Lipinski definition) is 4. The van der Waals surface area contributed by atoms with Gasteiger partial charge in [0.15, 0.2) is 0 Å². The van der Waals surface area contributed by atoms with Crippen LogP contribution in [-0.4, -0.2) is 23.5 Å². The number of aryl methyl sites for hydroxylation is 1. The zero-order valence-electron chi connectivity index (χ0n) is 12.4. The molecule has 6 heteroatoms. The minimum Gasteiger partial charge on any atom is -0.481 e. The third kappa shape index (κ3) is 4.73. The van der Waals surface area contributed by atoms with Gasteiger partial charge in [-0.15, -0.1) is 11.3 Å². The van der Waals surface area contributed by atoms with E-state index in [0.717, 1.165) is 29.2 Å². The SMILES string of the molecule is Cc1ccc(-c2ccc(C(=O)NCCCCCC(=O)O)s2)o1. The molecule has 22 heavy (non-hydrogen) atoms. The third-order valence-corrected chi connectivity index (χ3v) is 4.26. The smallest absolute Gasteiger partial charge is 0.303 e. The molecule has 0 atom stereocenters. The number of aliphatic carboxylic acids is 1. The van der Waals surface area contributed by atoms with E-state index in [1.165, 1.54) is 11.3 Å². The number of carboxylic acid groups (broad SMARTS) is 1. The van der Waals surface area contributed by atoms with Crippen LogP contribution < -0.4 is 5.32 Å². The van der Waals surface area contributed by atoms with Crippen molar-refractivity contribution in [3.8, 4) is 10.6 Å². The van der Waals surface area contributed by atoms with Crippen molar-refractivity contribution in [3.63, 3.8) is 0 Å². The Kier molecular flexibility index (Phi) is 5.77. The van der Waals surface area contributed by atoms with Crippen molar-refractivity contribution < 1.29 is 19.1 Å². The molecule has 2 aromatic heterocycles. The van der Waals surface area contributed by atoms with Gasteiger partial charge in [0.25, 0.3) is 5.91 Å². The van der Waals surface area contributed by atoms with Crippen LogP contribution in [-0.2, 0) is 4.79 Å². The highest BCUT2D eigenvalue weighted by atomic mass is 32.1. The van der Waals surface area contributed by atoms with Crippen molar-refractivity contribution in [1.82, 2.24) is 5.32 Å². The van der Waals surface area contributed by atoms with Crippen LogP contribution in [0, 0.1) is 6.92 Å². The molecule has 0 saturated carbocycles. The minimum atomic E-state index is -0.775. The Labute approximate surface area is 133 Å². The first kappa shape index (κ1) is 16.3. The summed E-state index contributed by atoms with van der Waals surface area (Å²) >= 11 is 1.40. The molecule has 0 bridgehead atoms. The first-order chi connectivity index (χ1) is 10.6. The second-order valence-corrected chi connectivity index (χ2v) is 6.12. The van der Waals surface area contributed by atoms with Crippen molar-refractivity contribution >= 4 is 23.2 Å². The third-order valence-electron chi connectivity index (χ3n) is 3.17. The van der Waals surface area contributed by atoms with Crippen LogP contribution in [0.5, 0.6) is 0 Å². The van der Waals surface area contributed by atoms with E-state index in [4.69, 9.17) is 9.52 Å². The van der Waals surface area contributed by atoms with Gasteiger partial charge in [-0.25, -0.2) is 0 Å².